The average molecular weight is 710 g/mol. The Hall–Kier alpha value is -4.71. The number of ether oxygens (including phenoxy) is 2. The molecule has 226 valence electrons. The van der Waals surface area contributed by atoms with Crippen LogP contribution in [0.5, 0.6) is 11.5 Å². The Kier molecular flexibility index (Phi) is 8.57. The summed E-state index contributed by atoms with van der Waals surface area (Å²) < 4.78 is 32.5. The smallest absolute Gasteiger partial charge is 0.282 e. The van der Waals surface area contributed by atoms with Crippen molar-refractivity contribution in [3.8, 4) is 23.1 Å². The number of carbonyl (C=O) groups excluding carboxylic acids is 1. The highest BCUT2D eigenvalue weighted by Crippen LogP contribution is 2.42. The Labute approximate surface area is 272 Å². The van der Waals surface area contributed by atoms with Crippen molar-refractivity contribution >= 4 is 78.8 Å². The lowest BCUT2D eigenvalue weighted by Gasteiger charge is -2.15. The molecular weight excluding hydrogens is 690 g/mol. The zero-order chi connectivity index (χ0) is 31.7. The minimum Gasteiger partial charge on any atom is -0.493 e. The van der Waals surface area contributed by atoms with Gasteiger partial charge in [-0.2, -0.15) is 9.78 Å². The van der Waals surface area contributed by atoms with E-state index in [0.29, 0.717) is 37.3 Å². The van der Waals surface area contributed by atoms with Gasteiger partial charge in [0.2, 0.25) is 5.82 Å². The molecule has 6 rings (SSSR count). The molecule has 0 fully saturated rings. The summed E-state index contributed by atoms with van der Waals surface area (Å²) in [4.78, 5) is 30.8. The SMILES string of the molecule is COc1cc(C=Nn2c(-c3cc4cc(Cl)ccc4o3)nc3ccccc3c2=O)c(Br)c(Cl)c1OCC(=O)Nc1ccccc1F. The van der Waals surface area contributed by atoms with Crippen LogP contribution in [-0.2, 0) is 4.79 Å². The summed E-state index contributed by atoms with van der Waals surface area (Å²) in [7, 11) is 1.40. The number of carbonyl (C=O) groups is 1. The Bertz CT molecular complexity index is 2200. The highest BCUT2D eigenvalue weighted by atomic mass is 79.9. The van der Waals surface area contributed by atoms with Gasteiger partial charge in [0.1, 0.15) is 16.4 Å². The third kappa shape index (κ3) is 6.15. The van der Waals surface area contributed by atoms with Gasteiger partial charge in [0, 0.05) is 20.4 Å². The second-order valence-electron chi connectivity index (χ2n) is 9.55. The fourth-order valence-corrected chi connectivity index (χ4v) is 5.34. The van der Waals surface area contributed by atoms with Crippen molar-refractivity contribution in [2.45, 2.75) is 0 Å². The molecule has 1 amide bonds. The summed E-state index contributed by atoms with van der Waals surface area (Å²) >= 11 is 16.2. The van der Waals surface area contributed by atoms with E-state index in [2.05, 4.69) is 31.3 Å². The highest BCUT2D eigenvalue weighted by Gasteiger charge is 2.20. The monoisotopic (exact) mass is 708 g/mol. The lowest BCUT2D eigenvalue weighted by molar-refractivity contribution is -0.118. The molecule has 0 aliphatic heterocycles. The van der Waals surface area contributed by atoms with Crippen LogP contribution < -0.4 is 20.3 Å². The number of aromatic nitrogens is 2. The summed E-state index contributed by atoms with van der Waals surface area (Å²) in [5.74, 6) is -0.471. The van der Waals surface area contributed by atoms with E-state index in [0.717, 1.165) is 10.1 Å². The number of para-hydroxylation sites is 2. The van der Waals surface area contributed by atoms with Crippen molar-refractivity contribution in [3.05, 3.63) is 115 Å². The number of hydrogen-bond donors (Lipinski definition) is 1. The molecule has 0 bridgehead atoms. The molecular formula is C32H20BrCl2FN4O5. The first kappa shape index (κ1) is 30.3. The number of halogens is 4. The zero-order valence-corrected chi connectivity index (χ0v) is 26.3. The second kappa shape index (κ2) is 12.7. The van der Waals surface area contributed by atoms with Crippen molar-refractivity contribution in [2.24, 2.45) is 5.10 Å². The van der Waals surface area contributed by atoms with E-state index in [1.807, 2.05) is 0 Å². The lowest BCUT2D eigenvalue weighted by Crippen LogP contribution is -2.21. The molecule has 2 heterocycles. The van der Waals surface area contributed by atoms with Gasteiger partial charge in [0.05, 0.1) is 29.9 Å². The number of methoxy groups -OCH3 is 1. The molecule has 9 nitrogen and oxygen atoms in total. The molecule has 4 aromatic carbocycles. The number of rotatable bonds is 8. The average Bonchev–Trinajstić information content (AvgIpc) is 3.46. The van der Waals surface area contributed by atoms with Crippen LogP contribution >= 0.6 is 39.1 Å². The molecule has 13 heteroatoms. The summed E-state index contributed by atoms with van der Waals surface area (Å²) in [5.41, 5.74) is 1.03. The summed E-state index contributed by atoms with van der Waals surface area (Å²) in [6.07, 6.45) is 1.40. The second-order valence-corrected chi connectivity index (χ2v) is 11.2. The molecule has 6 aromatic rings. The maximum Gasteiger partial charge on any atom is 0.282 e. The van der Waals surface area contributed by atoms with Gasteiger partial charge in [-0.3, -0.25) is 9.59 Å². The first-order valence-corrected chi connectivity index (χ1v) is 14.8. The molecule has 0 spiro atoms. The molecule has 2 aromatic heterocycles. The van der Waals surface area contributed by atoms with Crippen molar-refractivity contribution in [2.75, 3.05) is 19.0 Å². The third-order valence-corrected chi connectivity index (χ3v) is 8.31. The topological polar surface area (TPSA) is 108 Å². The quantitative estimate of drug-likeness (QED) is 0.161. The van der Waals surface area contributed by atoms with Crippen molar-refractivity contribution in [1.29, 1.82) is 0 Å². The first-order valence-electron chi connectivity index (χ1n) is 13.2. The van der Waals surface area contributed by atoms with Gasteiger partial charge in [0.25, 0.3) is 11.5 Å². The number of fused-ring (bicyclic) bond motifs is 2. The van der Waals surface area contributed by atoms with E-state index in [-0.39, 0.29) is 28.0 Å². The number of benzene rings is 4. The van der Waals surface area contributed by atoms with E-state index in [1.54, 1.807) is 60.7 Å². The fourth-order valence-electron chi connectivity index (χ4n) is 4.51. The molecule has 45 heavy (non-hydrogen) atoms. The van der Waals surface area contributed by atoms with Crippen molar-refractivity contribution in [3.63, 3.8) is 0 Å². The number of amides is 1. The predicted octanol–water partition coefficient (Wildman–Crippen LogP) is 7.93. The van der Waals surface area contributed by atoms with E-state index < -0.39 is 23.9 Å². The summed E-state index contributed by atoms with van der Waals surface area (Å²) in [6.45, 7) is -0.478. The maximum absolute atomic E-state index is 13.9. The third-order valence-electron chi connectivity index (χ3n) is 6.64. The van der Waals surface area contributed by atoms with Gasteiger partial charge >= 0.3 is 0 Å². The van der Waals surface area contributed by atoms with Crippen LogP contribution in [0.1, 0.15) is 5.56 Å². The van der Waals surface area contributed by atoms with Crippen LogP contribution in [0.3, 0.4) is 0 Å². The van der Waals surface area contributed by atoms with E-state index in [4.69, 9.17) is 37.1 Å². The number of nitrogens with zero attached hydrogens (tertiary/aromatic N) is 3. The van der Waals surface area contributed by atoms with Crippen LogP contribution in [0.2, 0.25) is 10.0 Å². The molecule has 0 saturated heterocycles. The Morgan fingerprint density at radius 3 is 2.69 bits per heavy atom. The standard InChI is InChI=1S/C32H20BrCl2FN4O5/c1-43-25-14-18(28(33)29(35)30(25)44-16-27(41)38-23-9-5-3-7-21(23)36)15-37-40-31(39-22-8-4-2-6-20(22)32(40)42)26-13-17-12-19(34)10-11-24(17)45-26/h2-15H,16H2,1H3,(H,38,41). The zero-order valence-electron chi connectivity index (χ0n) is 23.2. The molecule has 0 saturated carbocycles. The molecule has 0 aliphatic rings. The normalized spacial score (nSPS) is 11.4. The highest BCUT2D eigenvalue weighted by molar-refractivity contribution is 9.10. The van der Waals surface area contributed by atoms with E-state index >= 15 is 0 Å². The Morgan fingerprint density at radius 1 is 1.11 bits per heavy atom. The van der Waals surface area contributed by atoms with Gasteiger partial charge < -0.3 is 19.2 Å². The minimum absolute atomic E-state index is 0.0149. The van der Waals surface area contributed by atoms with Crippen LogP contribution in [0, 0.1) is 5.82 Å². The molecule has 0 unspecified atom stereocenters. The summed E-state index contributed by atoms with van der Waals surface area (Å²) in [5, 5.41) is 8.60. The maximum atomic E-state index is 13.9. The Balaban J connectivity index is 1.35. The van der Waals surface area contributed by atoms with Crippen molar-refractivity contribution in [1.82, 2.24) is 9.66 Å². The number of furan rings is 1. The van der Waals surface area contributed by atoms with Crippen LogP contribution in [0.25, 0.3) is 33.5 Å². The number of nitrogens with one attached hydrogen (secondary N) is 1. The molecule has 0 atom stereocenters. The van der Waals surface area contributed by atoms with Gasteiger partial charge in [0.15, 0.2) is 23.9 Å². The van der Waals surface area contributed by atoms with Gasteiger partial charge in [-0.25, -0.2) is 9.37 Å². The lowest BCUT2D eigenvalue weighted by atomic mass is 10.2. The first-order chi connectivity index (χ1) is 21.7. The molecule has 0 radical (unpaired) electrons. The number of hydrogen-bond acceptors (Lipinski definition) is 7. The van der Waals surface area contributed by atoms with Gasteiger partial charge in [-0.15, -0.1) is 0 Å². The fraction of sp³-hybridized carbons (Fsp3) is 0.0625. The largest absolute Gasteiger partial charge is 0.493 e. The van der Waals surface area contributed by atoms with Gasteiger partial charge in [-0.1, -0.05) is 47.5 Å². The number of anilines is 1. The molecule has 0 aliphatic carbocycles. The minimum atomic E-state index is -0.608. The Morgan fingerprint density at radius 2 is 1.89 bits per heavy atom. The summed E-state index contributed by atoms with van der Waals surface area (Å²) in [6, 6.07) is 21.1. The van der Waals surface area contributed by atoms with E-state index in [1.165, 1.54) is 31.5 Å². The van der Waals surface area contributed by atoms with Crippen LogP contribution in [-0.4, -0.2) is 35.5 Å². The van der Waals surface area contributed by atoms with E-state index in [9.17, 15) is 14.0 Å². The predicted molar refractivity (Wildman–Crippen MR) is 175 cm³/mol. The molecule has 1 N–H and O–H groups in total. The van der Waals surface area contributed by atoms with Crippen LogP contribution in [0.4, 0.5) is 10.1 Å². The van der Waals surface area contributed by atoms with Gasteiger partial charge in [-0.05, 0) is 70.5 Å². The van der Waals surface area contributed by atoms with Crippen LogP contribution in [0.15, 0.2) is 97.6 Å². The van der Waals surface area contributed by atoms with Crippen molar-refractivity contribution < 1.29 is 23.1 Å².